The van der Waals surface area contributed by atoms with Crippen LogP contribution in [-0.4, -0.2) is 55.0 Å². The van der Waals surface area contributed by atoms with Crippen molar-refractivity contribution in [3.63, 3.8) is 0 Å². The number of carbonyl (C=O) groups is 4. The molecule has 10 heteroatoms. The number of urea groups is 1. The molecular formula is C24H26N4O6. The van der Waals surface area contributed by atoms with Crippen LogP contribution in [0.25, 0.3) is 0 Å². The van der Waals surface area contributed by atoms with Gasteiger partial charge in [0.05, 0.1) is 13.2 Å². The Morgan fingerprint density at radius 3 is 2.62 bits per heavy atom. The maximum absolute atomic E-state index is 13.2. The van der Waals surface area contributed by atoms with E-state index in [1.54, 1.807) is 43.3 Å². The summed E-state index contributed by atoms with van der Waals surface area (Å²) in [5, 5.41) is 8.00. The molecule has 5 amide bonds. The highest BCUT2D eigenvalue weighted by molar-refractivity contribution is 6.10. The van der Waals surface area contributed by atoms with Crippen molar-refractivity contribution in [1.29, 1.82) is 0 Å². The van der Waals surface area contributed by atoms with Gasteiger partial charge in [0.2, 0.25) is 5.91 Å². The maximum Gasteiger partial charge on any atom is 0.325 e. The van der Waals surface area contributed by atoms with Crippen LogP contribution in [0, 0.1) is 0 Å². The summed E-state index contributed by atoms with van der Waals surface area (Å²) in [6.45, 7) is 4.41. The summed E-state index contributed by atoms with van der Waals surface area (Å²) in [7, 11) is 0. The van der Waals surface area contributed by atoms with Gasteiger partial charge in [-0.05, 0) is 49.7 Å². The van der Waals surface area contributed by atoms with Gasteiger partial charge in [0, 0.05) is 24.2 Å². The summed E-state index contributed by atoms with van der Waals surface area (Å²) in [4.78, 5) is 51.3. The standard InChI is InChI=1S/C24H26N4O6/c1-3-25-21(30)15-6-4-7-17(12-15)26-20(29)14-28-22(31)24(2,27-23(28)32)16-8-9-18-19(13-16)34-11-5-10-33-18/h4,6-9,12-13H,3,5,10-11,14H2,1-2H3,(H,25,30)(H,26,29)(H,27,32)/t24-/m1/s1. The quantitative estimate of drug-likeness (QED) is 0.559. The molecule has 1 fully saturated rings. The first-order valence-electron chi connectivity index (χ1n) is 11.0. The molecule has 4 rings (SSSR count). The summed E-state index contributed by atoms with van der Waals surface area (Å²) >= 11 is 0. The molecule has 2 aliphatic heterocycles. The van der Waals surface area contributed by atoms with E-state index in [-0.39, 0.29) is 5.91 Å². The van der Waals surface area contributed by atoms with Crippen molar-refractivity contribution in [3.8, 4) is 11.5 Å². The third-order valence-electron chi connectivity index (χ3n) is 5.65. The Morgan fingerprint density at radius 1 is 1.09 bits per heavy atom. The normalized spacial score (nSPS) is 19.3. The number of amides is 5. The second kappa shape index (κ2) is 9.42. The minimum atomic E-state index is -1.36. The topological polar surface area (TPSA) is 126 Å². The Hall–Kier alpha value is -4.08. The summed E-state index contributed by atoms with van der Waals surface area (Å²) in [6, 6.07) is 10.8. The molecule has 2 aromatic carbocycles. The maximum atomic E-state index is 13.2. The van der Waals surface area contributed by atoms with Gasteiger partial charge < -0.3 is 25.4 Å². The number of carbonyl (C=O) groups excluding carboxylic acids is 4. The molecule has 0 aliphatic carbocycles. The first-order valence-corrected chi connectivity index (χ1v) is 11.0. The number of nitrogens with one attached hydrogen (secondary N) is 3. The Bertz CT molecular complexity index is 1150. The molecule has 1 atom stereocenters. The van der Waals surface area contributed by atoms with Gasteiger partial charge in [-0.3, -0.25) is 19.3 Å². The van der Waals surface area contributed by atoms with E-state index in [4.69, 9.17) is 9.47 Å². The number of hydrogen-bond donors (Lipinski definition) is 3. The molecule has 34 heavy (non-hydrogen) atoms. The lowest BCUT2D eigenvalue weighted by molar-refractivity contribution is -0.133. The molecule has 178 valence electrons. The molecule has 1 saturated heterocycles. The molecule has 2 heterocycles. The molecule has 3 N–H and O–H groups in total. The van der Waals surface area contributed by atoms with Crippen LogP contribution in [-0.2, 0) is 15.1 Å². The zero-order chi connectivity index (χ0) is 24.3. The lowest BCUT2D eigenvalue weighted by atomic mass is 9.91. The van der Waals surface area contributed by atoms with E-state index in [1.807, 2.05) is 6.92 Å². The van der Waals surface area contributed by atoms with Gasteiger partial charge in [-0.2, -0.15) is 0 Å². The van der Waals surface area contributed by atoms with Crippen molar-refractivity contribution in [3.05, 3.63) is 53.6 Å². The highest BCUT2D eigenvalue weighted by Gasteiger charge is 2.49. The van der Waals surface area contributed by atoms with Crippen LogP contribution >= 0.6 is 0 Å². The minimum absolute atomic E-state index is 0.265. The average molecular weight is 466 g/mol. The molecule has 2 aromatic rings. The zero-order valence-electron chi connectivity index (χ0n) is 19.0. The Morgan fingerprint density at radius 2 is 1.85 bits per heavy atom. The second-order valence-electron chi connectivity index (χ2n) is 8.15. The van der Waals surface area contributed by atoms with Gasteiger partial charge in [-0.1, -0.05) is 12.1 Å². The highest BCUT2D eigenvalue weighted by Crippen LogP contribution is 2.36. The van der Waals surface area contributed by atoms with Gasteiger partial charge in [0.15, 0.2) is 11.5 Å². The van der Waals surface area contributed by atoms with Crippen LogP contribution < -0.4 is 25.4 Å². The van der Waals surface area contributed by atoms with Crippen LogP contribution in [0.15, 0.2) is 42.5 Å². The van der Waals surface area contributed by atoms with Gasteiger partial charge >= 0.3 is 6.03 Å². The zero-order valence-corrected chi connectivity index (χ0v) is 19.0. The number of ether oxygens (including phenoxy) is 2. The molecule has 0 radical (unpaired) electrons. The number of rotatable bonds is 6. The Kier molecular flexibility index (Phi) is 6.40. The van der Waals surface area contributed by atoms with Gasteiger partial charge in [0.25, 0.3) is 11.8 Å². The monoisotopic (exact) mass is 466 g/mol. The number of fused-ring (bicyclic) bond motifs is 1. The number of benzene rings is 2. The predicted molar refractivity (Wildman–Crippen MR) is 123 cm³/mol. The average Bonchev–Trinajstić information content (AvgIpc) is 2.98. The molecule has 0 spiro atoms. The lowest BCUT2D eigenvalue weighted by Crippen LogP contribution is -2.42. The largest absolute Gasteiger partial charge is 0.490 e. The summed E-state index contributed by atoms with van der Waals surface area (Å²) < 4.78 is 11.3. The van der Waals surface area contributed by atoms with E-state index in [1.165, 1.54) is 6.07 Å². The predicted octanol–water partition coefficient (Wildman–Crippen LogP) is 2.00. The van der Waals surface area contributed by atoms with Crippen LogP contribution in [0.3, 0.4) is 0 Å². The molecule has 0 aromatic heterocycles. The summed E-state index contributed by atoms with van der Waals surface area (Å²) in [5.41, 5.74) is -0.0732. The first kappa shape index (κ1) is 23.1. The van der Waals surface area contributed by atoms with Crippen molar-refractivity contribution >= 4 is 29.4 Å². The summed E-state index contributed by atoms with van der Waals surface area (Å²) in [5.74, 6) is -0.314. The van der Waals surface area contributed by atoms with E-state index in [2.05, 4.69) is 16.0 Å². The summed E-state index contributed by atoms with van der Waals surface area (Å²) in [6.07, 6.45) is 0.742. The van der Waals surface area contributed by atoms with Gasteiger partial charge in [0.1, 0.15) is 12.1 Å². The van der Waals surface area contributed by atoms with Crippen molar-refractivity contribution in [2.45, 2.75) is 25.8 Å². The molecule has 0 unspecified atom stereocenters. The third kappa shape index (κ3) is 4.52. The van der Waals surface area contributed by atoms with Crippen LogP contribution in [0.1, 0.15) is 36.2 Å². The van der Waals surface area contributed by atoms with E-state index in [9.17, 15) is 19.2 Å². The second-order valence-corrected chi connectivity index (χ2v) is 8.15. The SMILES string of the molecule is CCNC(=O)c1cccc(NC(=O)CN2C(=O)N[C@](C)(c3ccc4c(c3)OCCCO4)C2=O)c1. The fraction of sp³-hybridized carbons (Fsp3) is 0.333. The van der Waals surface area contributed by atoms with Crippen molar-refractivity contribution < 1.29 is 28.7 Å². The molecule has 0 saturated carbocycles. The number of anilines is 1. The third-order valence-corrected chi connectivity index (χ3v) is 5.65. The lowest BCUT2D eigenvalue weighted by Gasteiger charge is -2.23. The van der Waals surface area contributed by atoms with Crippen molar-refractivity contribution in [1.82, 2.24) is 15.5 Å². The Labute approximate surface area is 196 Å². The Balaban J connectivity index is 1.47. The van der Waals surface area contributed by atoms with E-state index in [0.717, 1.165) is 11.3 Å². The molecule has 2 aliphatic rings. The fourth-order valence-corrected chi connectivity index (χ4v) is 3.86. The van der Waals surface area contributed by atoms with E-state index < -0.39 is 29.9 Å². The molecule has 10 nitrogen and oxygen atoms in total. The van der Waals surface area contributed by atoms with Crippen molar-refractivity contribution in [2.24, 2.45) is 0 Å². The highest BCUT2D eigenvalue weighted by atomic mass is 16.5. The number of hydrogen-bond acceptors (Lipinski definition) is 6. The van der Waals surface area contributed by atoms with E-state index in [0.29, 0.717) is 48.1 Å². The first-order chi connectivity index (χ1) is 16.3. The molecular weight excluding hydrogens is 440 g/mol. The van der Waals surface area contributed by atoms with Crippen LogP contribution in [0.4, 0.5) is 10.5 Å². The van der Waals surface area contributed by atoms with Gasteiger partial charge in [-0.15, -0.1) is 0 Å². The smallest absolute Gasteiger partial charge is 0.325 e. The minimum Gasteiger partial charge on any atom is -0.490 e. The number of nitrogens with zero attached hydrogens (tertiary/aromatic N) is 1. The molecule has 0 bridgehead atoms. The van der Waals surface area contributed by atoms with Crippen molar-refractivity contribution in [2.75, 3.05) is 31.6 Å². The number of imide groups is 1. The van der Waals surface area contributed by atoms with Crippen LogP contribution in [0.5, 0.6) is 11.5 Å². The van der Waals surface area contributed by atoms with Crippen LogP contribution in [0.2, 0.25) is 0 Å². The fourth-order valence-electron chi connectivity index (χ4n) is 3.86. The van der Waals surface area contributed by atoms with Gasteiger partial charge in [-0.25, -0.2) is 4.79 Å². The van der Waals surface area contributed by atoms with E-state index >= 15 is 0 Å².